The van der Waals surface area contributed by atoms with Gasteiger partial charge in [-0.25, -0.2) is 4.39 Å². The molecule has 3 heterocycles. The van der Waals surface area contributed by atoms with Crippen LogP contribution in [-0.2, 0) is 4.79 Å². The molecule has 2 fully saturated rings. The Hall–Kier alpha value is -1.98. The van der Waals surface area contributed by atoms with Gasteiger partial charge in [-0.1, -0.05) is 0 Å². The summed E-state index contributed by atoms with van der Waals surface area (Å²) in [5.41, 5.74) is -1.46. The Morgan fingerprint density at radius 3 is 2.36 bits per heavy atom. The highest BCUT2D eigenvalue weighted by Gasteiger charge is 2.46. The van der Waals surface area contributed by atoms with Gasteiger partial charge >= 0.3 is 0 Å². The minimum Gasteiger partial charge on any atom is -0.340 e. The first-order chi connectivity index (χ1) is 10.6. The second-order valence-electron chi connectivity index (χ2n) is 6.03. The number of alkyl halides is 1. The number of pyridine rings is 1. The highest BCUT2D eigenvalue weighted by atomic mass is 19.1. The lowest BCUT2D eigenvalue weighted by molar-refractivity contribution is -0.146. The van der Waals surface area contributed by atoms with Crippen LogP contribution in [0.5, 0.6) is 0 Å². The number of hydrogen-bond acceptors (Lipinski definition) is 3. The lowest BCUT2D eigenvalue weighted by atomic mass is 9.92. The van der Waals surface area contributed by atoms with Crippen LogP contribution in [0.2, 0.25) is 0 Å². The second kappa shape index (κ2) is 6.02. The Morgan fingerprint density at radius 2 is 1.68 bits per heavy atom. The lowest BCUT2D eigenvalue weighted by Crippen LogP contribution is -2.56. The van der Waals surface area contributed by atoms with Crippen molar-refractivity contribution in [2.75, 3.05) is 26.2 Å². The zero-order chi connectivity index (χ0) is 15.6. The third-order valence-corrected chi connectivity index (χ3v) is 4.43. The first-order valence-electron chi connectivity index (χ1n) is 7.78. The van der Waals surface area contributed by atoms with Crippen molar-refractivity contribution in [1.29, 1.82) is 0 Å². The molecule has 0 aliphatic carbocycles. The average molecular weight is 305 g/mol. The maximum Gasteiger partial charge on any atom is 0.262 e. The van der Waals surface area contributed by atoms with Gasteiger partial charge in [0.25, 0.3) is 11.8 Å². The zero-order valence-corrected chi connectivity index (χ0v) is 12.5. The smallest absolute Gasteiger partial charge is 0.262 e. The fourth-order valence-electron chi connectivity index (χ4n) is 3.24. The molecule has 2 aliphatic rings. The topological polar surface area (TPSA) is 53.5 Å². The Balaban J connectivity index is 1.73. The van der Waals surface area contributed by atoms with Gasteiger partial charge in [-0.3, -0.25) is 14.6 Å². The first kappa shape index (κ1) is 14.9. The summed E-state index contributed by atoms with van der Waals surface area (Å²) >= 11 is 0. The predicted molar refractivity (Wildman–Crippen MR) is 79.0 cm³/mol. The van der Waals surface area contributed by atoms with Gasteiger partial charge in [0.1, 0.15) is 0 Å². The van der Waals surface area contributed by atoms with Crippen LogP contribution in [0.1, 0.15) is 36.0 Å². The second-order valence-corrected chi connectivity index (χ2v) is 6.03. The molecule has 1 unspecified atom stereocenters. The Morgan fingerprint density at radius 1 is 1.05 bits per heavy atom. The van der Waals surface area contributed by atoms with E-state index in [0.29, 0.717) is 31.6 Å². The Kier molecular flexibility index (Phi) is 4.09. The molecule has 0 spiro atoms. The number of rotatable bonds is 2. The van der Waals surface area contributed by atoms with E-state index in [4.69, 9.17) is 0 Å². The van der Waals surface area contributed by atoms with Crippen molar-refractivity contribution >= 4 is 11.8 Å². The van der Waals surface area contributed by atoms with Crippen molar-refractivity contribution in [3.63, 3.8) is 0 Å². The van der Waals surface area contributed by atoms with E-state index in [9.17, 15) is 9.59 Å². The number of hydrogen-bond donors (Lipinski definition) is 0. The summed E-state index contributed by atoms with van der Waals surface area (Å²) < 4.78 is 15.1. The van der Waals surface area contributed by atoms with E-state index in [1.807, 2.05) is 0 Å². The number of likely N-dealkylation sites (tertiary alicyclic amines) is 2. The molecule has 6 heteroatoms. The number of aromatic nitrogens is 1. The van der Waals surface area contributed by atoms with Crippen LogP contribution in [0.4, 0.5) is 4.39 Å². The molecule has 0 aromatic carbocycles. The molecule has 5 nitrogen and oxygen atoms in total. The third kappa shape index (κ3) is 2.82. The van der Waals surface area contributed by atoms with Gasteiger partial charge in [0.2, 0.25) is 5.67 Å². The maximum absolute atomic E-state index is 15.1. The lowest BCUT2D eigenvalue weighted by Gasteiger charge is -2.38. The number of nitrogens with zero attached hydrogens (tertiary/aromatic N) is 3. The van der Waals surface area contributed by atoms with Crippen LogP contribution in [-0.4, -0.2) is 58.4 Å². The fraction of sp³-hybridized carbons (Fsp3) is 0.562. The molecule has 0 saturated carbocycles. The normalized spacial score (nSPS) is 25.3. The summed E-state index contributed by atoms with van der Waals surface area (Å²) in [4.78, 5) is 31.8. The van der Waals surface area contributed by atoms with Gasteiger partial charge in [-0.2, -0.15) is 0 Å². The number of piperidine rings is 1. The average Bonchev–Trinajstić information content (AvgIpc) is 3.08. The zero-order valence-electron chi connectivity index (χ0n) is 12.5. The SMILES string of the molecule is O=C(c1ccncc1)N1CCCC(F)(C(=O)N2CCCC2)C1. The molecule has 0 N–H and O–H groups in total. The largest absolute Gasteiger partial charge is 0.340 e. The van der Waals surface area contributed by atoms with Crippen molar-refractivity contribution in [2.24, 2.45) is 0 Å². The number of amides is 2. The molecule has 0 bridgehead atoms. The summed E-state index contributed by atoms with van der Waals surface area (Å²) in [7, 11) is 0. The van der Waals surface area contributed by atoms with Gasteiger partial charge in [-0.05, 0) is 37.8 Å². The Labute approximate surface area is 129 Å². The quantitative estimate of drug-likeness (QED) is 0.835. The Bertz CT molecular complexity index is 560. The molecular formula is C16H20FN3O2. The maximum atomic E-state index is 15.1. The number of halogens is 1. The predicted octanol–water partition coefficient (Wildman–Crippen LogP) is 1.65. The van der Waals surface area contributed by atoms with Gasteiger partial charge in [0.05, 0.1) is 6.54 Å². The molecule has 1 atom stereocenters. The molecule has 2 saturated heterocycles. The summed E-state index contributed by atoms with van der Waals surface area (Å²) in [6.07, 6.45) is 5.64. The summed E-state index contributed by atoms with van der Waals surface area (Å²) in [5, 5.41) is 0. The molecule has 0 radical (unpaired) electrons. The first-order valence-corrected chi connectivity index (χ1v) is 7.78. The minimum atomic E-state index is -1.94. The fourth-order valence-corrected chi connectivity index (χ4v) is 3.24. The van der Waals surface area contributed by atoms with Crippen LogP contribution >= 0.6 is 0 Å². The van der Waals surface area contributed by atoms with E-state index < -0.39 is 11.6 Å². The van der Waals surface area contributed by atoms with Crippen LogP contribution < -0.4 is 0 Å². The van der Waals surface area contributed by atoms with Crippen LogP contribution in [0.15, 0.2) is 24.5 Å². The van der Waals surface area contributed by atoms with Crippen molar-refractivity contribution in [3.8, 4) is 0 Å². The van der Waals surface area contributed by atoms with Crippen LogP contribution in [0.3, 0.4) is 0 Å². The van der Waals surface area contributed by atoms with E-state index in [1.54, 1.807) is 17.0 Å². The van der Waals surface area contributed by atoms with Gasteiger partial charge < -0.3 is 9.80 Å². The summed E-state index contributed by atoms with van der Waals surface area (Å²) in [5.74, 6) is -0.685. The van der Waals surface area contributed by atoms with Crippen molar-refractivity contribution in [3.05, 3.63) is 30.1 Å². The van der Waals surface area contributed by atoms with E-state index in [2.05, 4.69) is 4.98 Å². The highest BCUT2D eigenvalue weighted by molar-refractivity contribution is 5.95. The number of carbonyl (C=O) groups is 2. The summed E-state index contributed by atoms with van der Waals surface area (Å²) in [6.45, 7) is 1.59. The van der Waals surface area contributed by atoms with E-state index >= 15 is 4.39 Å². The van der Waals surface area contributed by atoms with E-state index in [-0.39, 0.29) is 18.9 Å². The third-order valence-electron chi connectivity index (χ3n) is 4.43. The number of carbonyl (C=O) groups excluding carboxylic acids is 2. The molecule has 1 aromatic rings. The van der Waals surface area contributed by atoms with Crippen molar-refractivity contribution in [1.82, 2.24) is 14.8 Å². The summed E-state index contributed by atoms with van der Waals surface area (Å²) in [6, 6.07) is 3.22. The van der Waals surface area contributed by atoms with E-state index in [1.165, 1.54) is 17.3 Å². The molecule has 22 heavy (non-hydrogen) atoms. The van der Waals surface area contributed by atoms with Crippen LogP contribution in [0.25, 0.3) is 0 Å². The van der Waals surface area contributed by atoms with E-state index in [0.717, 1.165) is 12.8 Å². The molecule has 118 valence electrons. The van der Waals surface area contributed by atoms with Crippen molar-refractivity contribution < 1.29 is 14.0 Å². The minimum absolute atomic E-state index is 0.149. The van der Waals surface area contributed by atoms with Gasteiger partial charge in [0.15, 0.2) is 0 Å². The highest BCUT2D eigenvalue weighted by Crippen LogP contribution is 2.29. The van der Waals surface area contributed by atoms with Gasteiger partial charge in [-0.15, -0.1) is 0 Å². The molecule has 3 rings (SSSR count). The molecule has 2 aliphatic heterocycles. The van der Waals surface area contributed by atoms with Crippen LogP contribution in [0, 0.1) is 0 Å². The standard InChI is InChI=1S/C16H20FN3O2/c17-16(15(22)19-9-1-2-10-19)6-3-11-20(12-16)14(21)13-4-7-18-8-5-13/h4-5,7-8H,1-3,6,9-12H2. The monoisotopic (exact) mass is 305 g/mol. The molecule has 2 amide bonds. The molecular weight excluding hydrogens is 285 g/mol. The van der Waals surface area contributed by atoms with Crippen molar-refractivity contribution in [2.45, 2.75) is 31.4 Å². The van der Waals surface area contributed by atoms with Gasteiger partial charge in [0, 0.05) is 37.6 Å². The molecule has 1 aromatic heterocycles.